The van der Waals surface area contributed by atoms with E-state index in [1.165, 1.54) is 16.7 Å². The van der Waals surface area contributed by atoms with Gasteiger partial charge in [-0.3, -0.25) is 4.79 Å². The van der Waals surface area contributed by atoms with Gasteiger partial charge in [0.15, 0.2) is 0 Å². The molecular formula is C25H30N2O2S. The Kier molecular flexibility index (Phi) is 7.91. The second-order valence-electron chi connectivity index (χ2n) is 7.58. The maximum absolute atomic E-state index is 12.4. The molecule has 30 heavy (non-hydrogen) atoms. The van der Waals surface area contributed by atoms with E-state index in [2.05, 4.69) is 72.1 Å². The summed E-state index contributed by atoms with van der Waals surface area (Å²) in [5.74, 6) is 0.215. The minimum Gasteiger partial charge on any atom is -0.392 e. The molecule has 0 saturated carbocycles. The highest BCUT2D eigenvalue weighted by Crippen LogP contribution is 2.50. The lowest BCUT2D eigenvalue weighted by atomic mass is 9.80. The Morgan fingerprint density at radius 2 is 1.73 bits per heavy atom. The zero-order valence-electron chi connectivity index (χ0n) is 17.3. The normalized spacial score (nSPS) is 15.9. The molecule has 0 saturated heterocycles. The van der Waals surface area contributed by atoms with Crippen LogP contribution in [-0.2, 0) is 9.54 Å². The van der Waals surface area contributed by atoms with Crippen LogP contribution in [-0.4, -0.2) is 35.5 Å². The molecule has 2 atom stereocenters. The van der Waals surface area contributed by atoms with E-state index >= 15 is 0 Å². The summed E-state index contributed by atoms with van der Waals surface area (Å²) in [5.41, 5.74) is 9.92. The lowest BCUT2D eigenvalue weighted by molar-refractivity contribution is -0.122. The summed E-state index contributed by atoms with van der Waals surface area (Å²) in [5, 5.41) is 12.2. The van der Waals surface area contributed by atoms with Gasteiger partial charge in [-0.05, 0) is 36.5 Å². The third kappa shape index (κ3) is 5.22. The summed E-state index contributed by atoms with van der Waals surface area (Å²) in [7, 11) is 0. The summed E-state index contributed by atoms with van der Waals surface area (Å²) < 4.78 is -0.421. The lowest BCUT2D eigenvalue weighted by Crippen LogP contribution is -2.45. The molecule has 0 radical (unpaired) electrons. The maximum Gasteiger partial charge on any atom is 0.237 e. The number of thioether (sulfide) groups is 1. The minimum absolute atomic E-state index is 0.204. The van der Waals surface area contributed by atoms with Crippen molar-refractivity contribution in [3.05, 3.63) is 95.6 Å². The first kappa shape index (κ1) is 22.3. The van der Waals surface area contributed by atoms with Gasteiger partial charge in [0.2, 0.25) is 5.91 Å². The minimum atomic E-state index is -0.666. The van der Waals surface area contributed by atoms with Crippen LogP contribution in [0.15, 0.2) is 84.5 Å². The van der Waals surface area contributed by atoms with Gasteiger partial charge in [-0.1, -0.05) is 78.9 Å². The predicted molar refractivity (Wildman–Crippen MR) is 125 cm³/mol. The highest BCUT2D eigenvalue weighted by Gasteiger charge is 2.39. The van der Waals surface area contributed by atoms with Gasteiger partial charge in [-0.2, -0.15) is 0 Å². The zero-order chi connectivity index (χ0) is 21.4. The summed E-state index contributed by atoms with van der Waals surface area (Å²) in [4.78, 5) is 12.4. The fraction of sp³-hybridized carbons (Fsp3) is 0.320. The van der Waals surface area contributed by atoms with Crippen LogP contribution in [0.25, 0.3) is 0 Å². The van der Waals surface area contributed by atoms with E-state index in [1.807, 2.05) is 12.1 Å². The average Bonchev–Trinajstić information content (AvgIpc) is 2.80. The van der Waals surface area contributed by atoms with E-state index in [0.717, 1.165) is 12.8 Å². The van der Waals surface area contributed by atoms with Crippen molar-refractivity contribution >= 4 is 17.7 Å². The zero-order valence-corrected chi connectivity index (χ0v) is 18.1. The van der Waals surface area contributed by atoms with Crippen molar-refractivity contribution in [3.8, 4) is 0 Å². The number of allylic oxidation sites excluding steroid dienone is 3. The second kappa shape index (κ2) is 10.6. The fourth-order valence-corrected chi connectivity index (χ4v) is 5.25. The van der Waals surface area contributed by atoms with E-state index in [4.69, 9.17) is 5.73 Å². The van der Waals surface area contributed by atoms with E-state index < -0.39 is 16.9 Å². The number of nitrogens with one attached hydrogen (secondary N) is 1. The van der Waals surface area contributed by atoms with Crippen LogP contribution in [0, 0.1) is 0 Å². The largest absolute Gasteiger partial charge is 0.392 e. The molecule has 1 aliphatic rings. The van der Waals surface area contributed by atoms with Crippen LogP contribution < -0.4 is 11.1 Å². The Labute approximate surface area is 183 Å². The van der Waals surface area contributed by atoms with Gasteiger partial charge in [0.1, 0.15) is 0 Å². The molecule has 5 heteroatoms. The molecule has 0 unspecified atom stereocenters. The Morgan fingerprint density at radius 1 is 1.13 bits per heavy atom. The van der Waals surface area contributed by atoms with Gasteiger partial charge < -0.3 is 16.2 Å². The van der Waals surface area contributed by atoms with Crippen LogP contribution >= 0.6 is 11.8 Å². The molecule has 0 spiro atoms. The molecule has 4 nitrogen and oxygen atoms in total. The Hall–Kier alpha value is -2.34. The average molecular weight is 423 g/mol. The lowest BCUT2D eigenvalue weighted by Gasteiger charge is -2.38. The molecule has 2 aromatic carbocycles. The summed E-state index contributed by atoms with van der Waals surface area (Å²) in [6.45, 7) is 1.84. The maximum atomic E-state index is 12.4. The van der Waals surface area contributed by atoms with Crippen LogP contribution in [0.2, 0.25) is 0 Å². The molecule has 0 fully saturated rings. The molecule has 1 amide bonds. The highest BCUT2D eigenvalue weighted by molar-refractivity contribution is 8.00. The standard InChI is InChI=1S/C25H30N2O2S/c1-19(28)17-27-24(29)23(26)18-30-25(20-11-5-2-6-12-20,21-13-7-3-8-14-21)22-15-9-4-10-16-22/h2-9,11-15,19,23,28H,10,16-18,26H2,1H3,(H,27,29)/t19-,23-/m0/s1. The first-order valence-electron chi connectivity index (χ1n) is 10.4. The van der Waals surface area contributed by atoms with E-state index in [9.17, 15) is 9.90 Å². The number of rotatable bonds is 9. The molecule has 0 aliphatic heterocycles. The first-order chi connectivity index (χ1) is 14.5. The predicted octanol–water partition coefficient (Wildman–Crippen LogP) is 3.76. The number of benzene rings is 2. The smallest absolute Gasteiger partial charge is 0.237 e. The topological polar surface area (TPSA) is 75.3 Å². The fourth-order valence-electron chi connectivity index (χ4n) is 3.71. The number of aliphatic hydroxyl groups excluding tert-OH is 1. The van der Waals surface area contributed by atoms with Gasteiger partial charge in [0.25, 0.3) is 0 Å². The van der Waals surface area contributed by atoms with Crippen molar-refractivity contribution in [1.29, 1.82) is 0 Å². The Balaban J connectivity index is 1.98. The molecule has 0 aromatic heterocycles. The summed E-state index contributed by atoms with van der Waals surface area (Å²) in [6, 6.07) is 20.2. The van der Waals surface area contributed by atoms with Gasteiger partial charge >= 0.3 is 0 Å². The van der Waals surface area contributed by atoms with E-state index in [0.29, 0.717) is 5.75 Å². The van der Waals surface area contributed by atoms with Gasteiger partial charge in [0, 0.05) is 12.3 Å². The third-order valence-electron chi connectivity index (χ3n) is 5.21. The SMILES string of the molecule is C[C@H](O)CNC(=O)[C@@H](N)CSC(C1=CC=CCC1)(c1ccccc1)c1ccccc1. The van der Waals surface area contributed by atoms with E-state index in [1.54, 1.807) is 18.7 Å². The Morgan fingerprint density at radius 3 is 2.23 bits per heavy atom. The van der Waals surface area contributed by atoms with Crippen molar-refractivity contribution in [2.24, 2.45) is 5.73 Å². The van der Waals surface area contributed by atoms with Crippen LogP contribution in [0.5, 0.6) is 0 Å². The molecule has 0 heterocycles. The summed E-state index contributed by atoms with van der Waals surface area (Å²) in [6.07, 6.45) is 7.86. The number of aliphatic hydroxyl groups is 1. The molecule has 1 aliphatic carbocycles. The molecule has 4 N–H and O–H groups in total. The number of hydrogen-bond acceptors (Lipinski definition) is 4. The van der Waals surface area contributed by atoms with Gasteiger partial charge in [-0.25, -0.2) is 0 Å². The highest BCUT2D eigenvalue weighted by atomic mass is 32.2. The number of hydrogen-bond donors (Lipinski definition) is 3. The van der Waals surface area contributed by atoms with Gasteiger partial charge in [-0.15, -0.1) is 11.8 Å². The summed E-state index contributed by atoms with van der Waals surface area (Å²) >= 11 is 1.70. The second-order valence-corrected chi connectivity index (χ2v) is 8.82. The van der Waals surface area contributed by atoms with Crippen LogP contribution in [0.3, 0.4) is 0 Å². The molecule has 0 bridgehead atoms. The van der Waals surface area contributed by atoms with Crippen LogP contribution in [0.1, 0.15) is 30.9 Å². The molecule has 158 valence electrons. The number of carbonyl (C=O) groups is 1. The molecular weight excluding hydrogens is 392 g/mol. The number of amides is 1. The number of carbonyl (C=O) groups excluding carboxylic acids is 1. The van der Waals surface area contributed by atoms with Crippen molar-refractivity contribution in [2.45, 2.75) is 36.7 Å². The monoisotopic (exact) mass is 422 g/mol. The number of nitrogens with two attached hydrogens (primary N) is 1. The van der Waals surface area contributed by atoms with Gasteiger partial charge in [0.05, 0.1) is 16.9 Å². The van der Waals surface area contributed by atoms with Crippen LogP contribution in [0.4, 0.5) is 0 Å². The third-order valence-corrected chi connectivity index (χ3v) is 6.91. The Bertz CT molecular complexity index is 839. The van der Waals surface area contributed by atoms with Crippen molar-refractivity contribution in [1.82, 2.24) is 5.32 Å². The first-order valence-corrected chi connectivity index (χ1v) is 11.3. The molecule has 2 aromatic rings. The van der Waals surface area contributed by atoms with E-state index in [-0.39, 0.29) is 12.5 Å². The quantitative estimate of drug-likeness (QED) is 0.575. The van der Waals surface area contributed by atoms with Crippen molar-refractivity contribution in [3.63, 3.8) is 0 Å². The molecule has 3 rings (SSSR count). The van der Waals surface area contributed by atoms with Crippen molar-refractivity contribution < 1.29 is 9.90 Å². The van der Waals surface area contributed by atoms with Crippen molar-refractivity contribution in [2.75, 3.05) is 12.3 Å².